The van der Waals surface area contributed by atoms with Gasteiger partial charge in [-0.3, -0.25) is 4.79 Å². The average Bonchev–Trinajstić information content (AvgIpc) is 2.70. The average molecular weight is 284 g/mol. The number of nitrogens with two attached hydrogens (primary N) is 1. The fourth-order valence-electron chi connectivity index (χ4n) is 2.04. The Kier molecular flexibility index (Phi) is 3.14. The smallest absolute Gasteiger partial charge is 0.240 e. The van der Waals surface area contributed by atoms with Crippen LogP contribution in [0.4, 0.5) is 5.82 Å². The molecule has 0 radical (unpaired) electrons. The zero-order chi connectivity index (χ0) is 11.7. The van der Waals surface area contributed by atoms with Crippen LogP contribution in [0, 0.1) is 6.92 Å². The number of hydrogen-bond donors (Lipinski definition) is 1. The predicted octanol–water partition coefficient (Wildman–Crippen LogP) is 1.61. The maximum Gasteiger partial charge on any atom is 0.240 e. The molecule has 1 amide bonds. The summed E-state index contributed by atoms with van der Waals surface area (Å²) in [6.45, 7) is 2.84. The van der Waals surface area contributed by atoms with E-state index in [9.17, 15) is 4.79 Å². The quantitative estimate of drug-likeness (QED) is 0.897. The maximum absolute atomic E-state index is 11.3. The van der Waals surface area contributed by atoms with Crippen molar-refractivity contribution in [2.24, 2.45) is 5.73 Å². The van der Waals surface area contributed by atoms with Crippen LogP contribution < -0.4 is 10.6 Å². The van der Waals surface area contributed by atoms with Crippen LogP contribution in [-0.4, -0.2) is 23.5 Å². The molecule has 1 atom stereocenters. The van der Waals surface area contributed by atoms with E-state index in [-0.39, 0.29) is 11.9 Å². The lowest BCUT2D eigenvalue weighted by Gasteiger charge is -2.24. The number of nitrogens with zero attached hydrogens (tertiary/aromatic N) is 2. The first-order chi connectivity index (χ1) is 7.61. The second-order valence-corrected chi connectivity index (χ2v) is 4.81. The topological polar surface area (TPSA) is 59.2 Å². The summed E-state index contributed by atoms with van der Waals surface area (Å²) in [4.78, 5) is 17.6. The van der Waals surface area contributed by atoms with E-state index in [4.69, 9.17) is 5.73 Å². The summed E-state index contributed by atoms with van der Waals surface area (Å²) in [5.74, 6) is 0.550. The Bertz CT molecular complexity index is 422. The lowest BCUT2D eigenvalue weighted by Crippen LogP contribution is -2.40. The van der Waals surface area contributed by atoms with Crippen molar-refractivity contribution in [3.8, 4) is 0 Å². The molecule has 1 aromatic heterocycles. The van der Waals surface area contributed by atoms with Gasteiger partial charge in [-0.25, -0.2) is 4.98 Å². The van der Waals surface area contributed by atoms with Crippen LogP contribution >= 0.6 is 15.9 Å². The van der Waals surface area contributed by atoms with Crippen LogP contribution in [0.2, 0.25) is 0 Å². The Hall–Kier alpha value is -1.10. The van der Waals surface area contributed by atoms with Gasteiger partial charge in [0.05, 0.1) is 4.47 Å². The summed E-state index contributed by atoms with van der Waals surface area (Å²) in [5.41, 5.74) is 6.50. The van der Waals surface area contributed by atoms with Crippen LogP contribution in [0.5, 0.6) is 0 Å². The number of carbonyl (C=O) groups is 1. The Balaban J connectivity index is 2.36. The fourth-order valence-corrected chi connectivity index (χ4v) is 2.50. The number of carbonyl (C=O) groups excluding carboxylic acids is 1. The van der Waals surface area contributed by atoms with Crippen LogP contribution in [0.3, 0.4) is 0 Å². The van der Waals surface area contributed by atoms with Gasteiger partial charge < -0.3 is 10.6 Å². The van der Waals surface area contributed by atoms with Gasteiger partial charge in [0.15, 0.2) is 0 Å². The van der Waals surface area contributed by atoms with Crippen molar-refractivity contribution >= 4 is 27.7 Å². The van der Waals surface area contributed by atoms with E-state index in [0.717, 1.165) is 35.2 Å². The highest BCUT2D eigenvalue weighted by molar-refractivity contribution is 9.10. The van der Waals surface area contributed by atoms with Gasteiger partial charge in [-0.2, -0.15) is 0 Å². The molecule has 0 bridgehead atoms. The zero-order valence-corrected chi connectivity index (χ0v) is 10.7. The molecular formula is C11H14BrN3O. The molecule has 0 saturated carbocycles. The van der Waals surface area contributed by atoms with Crippen LogP contribution in [0.1, 0.15) is 18.4 Å². The van der Waals surface area contributed by atoms with Crippen LogP contribution in [0.15, 0.2) is 16.7 Å². The molecule has 2 N–H and O–H groups in total. The van der Waals surface area contributed by atoms with Crippen molar-refractivity contribution in [2.45, 2.75) is 25.8 Å². The molecule has 1 unspecified atom stereocenters. The molecule has 16 heavy (non-hydrogen) atoms. The summed E-state index contributed by atoms with van der Waals surface area (Å²) < 4.78 is 0.947. The summed E-state index contributed by atoms with van der Waals surface area (Å²) in [6.07, 6.45) is 3.55. The molecule has 4 nitrogen and oxygen atoms in total. The van der Waals surface area contributed by atoms with E-state index in [1.54, 1.807) is 6.20 Å². The van der Waals surface area contributed by atoms with E-state index in [2.05, 4.69) is 20.9 Å². The molecule has 5 heteroatoms. The number of anilines is 1. The first kappa shape index (κ1) is 11.4. The van der Waals surface area contributed by atoms with E-state index in [1.165, 1.54) is 0 Å². The second-order valence-electron chi connectivity index (χ2n) is 4.02. The molecule has 0 aromatic carbocycles. The fraction of sp³-hybridized carbons (Fsp3) is 0.455. The molecule has 2 heterocycles. The zero-order valence-electron chi connectivity index (χ0n) is 9.11. The largest absolute Gasteiger partial charge is 0.368 e. The SMILES string of the molecule is Cc1ccnc(N2CCCC2C(N)=O)c1Br. The molecule has 0 spiro atoms. The molecule has 86 valence electrons. The van der Waals surface area contributed by atoms with Gasteiger partial charge in [0, 0.05) is 12.7 Å². The van der Waals surface area contributed by atoms with E-state index in [0.29, 0.717) is 0 Å². The summed E-state index contributed by atoms with van der Waals surface area (Å²) in [7, 11) is 0. The van der Waals surface area contributed by atoms with E-state index in [1.807, 2.05) is 17.9 Å². The highest BCUT2D eigenvalue weighted by Crippen LogP contribution is 2.31. The van der Waals surface area contributed by atoms with Crippen molar-refractivity contribution in [3.05, 3.63) is 22.3 Å². The molecule has 1 aromatic rings. The van der Waals surface area contributed by atoms with Crippen molar-refractivity contribution in [2.75, 3.05) is 11.4 Å². The van der Waals surface area contributed by atoms with Crippen LogP contribution in [0.25, 0.3) is 0 Å². The first-order valence-electron chi connectivity index (χ1n) is 5.28. The molecule has 0 aliphatic carbocycles. The van der Waals surface area contributed by atoms with Gasteiger partial charge in [-0.05, 0) is 47.3 Å². The molecule has 1 saturated heterocycles. The van der Waals surface area contributed by atoms with Gasteiger partial charge in [-0.15, -0.1) is 0 Å². The highest BCUT2D eigenvalue weighted by atomic mass is 79.9. The van der Waals surface area contributed by atoms with Crippen molar-refractivity contribution in [1.29, 1.82) is 0 Å². The van der Waals surface area contributed by atoms with E-state index >= 15 is 0 Å². The summed E-state index contributed by atoms with van der Waals surface area (Å²) in [6, 6.07) is 1.72. The van der Waals surface area contributed by atoms with Gasteiger partial charge in [-0.1, -0.05) is 0 Å². The predicted molar refractivity (Wildman–Crippen MR) is 66.2 cm³/mol. The number of aryl methyl sites for hydroxylation is 1. The number of primary amides is 1. The minimum absolute atomic E-state index is 0.217. The Morgan fingerprint density at radius 2 is 2.44 bits per heavy atom. The lowest BCUT2D eigenvalue weighted by molar-refractivity contribution is -0.119. The Labute approximate surface area is 103 Å². The Morgan fingerprint density at radius 3 is 3.12 bits per heavy atom. The molecule has 1 aliphatic rings. The standard InChI is InChI=1S/C11H14BrN3O/c1-7-4-5-14-11(9(7)12)15-6-2-3-8(15)10(13)16/h4-5,8H,2-3,6H2,1H3,(H2,13,16). The van der Waals surface area contributed by atoms with Crippen molar-refractivity contribution in [3.63, 3.8) is 0 Å². The van der Waals surface area contributed by atoms with Gasteiger partial charge in [0.2, 0.25) is 5.91 Å². The maximum atomic E-state index is 11.3. The molecule has 1 aliphatic heterocycles. The molecular weight excluding hydrogens is 270 g/mol. The monoisotopic (exact) mass is 283 g/mol. The van der Waals surface area contributed by atoms with Gasteiger partial charge >= 0.3 is 0 Å². The minimum atomic E-state index is -0.271. The number of hydrogen-bond acceptors (Lipinski definition) is 3. The third kappa shape index (κ3) is 1.91. The Morgan fingerprint density at radius 1 is 1.69 bits per heavy atom. The number of rotatable bonds is 2. The summed E-state index contributed by atoms with van der Waals surface area (Å²) in [5, 5.41) is 0. The van der Waals surface area contributed by atoms with E-state index < -0.39 is 0 Å². The minimum Gasteiger partial charge on any atom is -0.368 e. The highest BCUT2D eigenvalue weighted by Gasteiger charge is 2.31. The van der Waals surface area contributed by atoms with Gasteiger partial charge in [0.1, 0.15) is 11.9 Å². The number of halogens is 1. The lowest BCUT2D eigenvalue weighted by atomic mass is 10.2. The number of pyridine rings is 1. The van der Waals surface area contributed by atoms with Crippen molar-refractivity contribution in [1.82, 2.24) is 4.98 Å². The van der Waals surface area contributed by atoms with Crippen molar-refractivity contribution < 1.29 is 4.79 Å². The first-order valence-corrected chi connectivity index (χ1v) is 6.07. The number of amides is 1. The third-order valence-electron chi connectivity index (χ3n) is 2.92. The molecule has 2 rings (SSSR count). The normalized spacial score (nSPS) is 20.1. The van der Waals surface area contributed by atoms with Crippen LogP contribution in [-0.2, 0) is 4.79 Å². The molecule has 1 fully saturated rings. The second kappa shape index (κ2) is 4.41. The third-order valence-corrected chi connectivity index (χ3v) is 3.90. The number of aromatic nitrogens is 1. The van der Waals surface area contributed by atoms with Gasteiger partial charge in [0.25, 0.3) is 0 Å². The summed E-state index contributed by atoms with van der Waals surface area (Å²) >= 11 is 3.51.